The van der Waals surface area contributed by atoms with Crippen molar-refractivity contribution in [2.75, 3.05) is 0 Å². The van der Waals surface area contributed by atoms with E-state index in [2.05, 4.69) is 0 Å². The Morgan fingerprint density at radius 1 is 1.13 bits per heavy atom. The summed E-state index contributed by atoms with van der Waals surface area (Å²) in [6, 6.07) is 0.168. The van der Waals surface area contributed by atoms with Crippen molar-refractivity contribution in [1.82, 2.24) is 0 Å². The van der Waals surface area contributed by atoms with Crippen molar-refractivity contribution >= 4 is 5.78 Å². The molecule has 0 bridgehead atoms. The maximum Gasteiger partial charge on any atom is 0.134 e. The van der Waals surface area contributed by atoms with Crippen LogP contribution in [0.5, 0.6) is 0 Å². The maximum absolute atomic E-state index is 11.8. The lowest BCUT2D eigenvalue weighted by molar-refractivity contribution is -0.120. The van der Waals surface area contributed by atoms with E-state index in [9.17, 15) is 4.79 Å². The molecule has 0 radical (unpaired) electrons. The van der Waals surface area contributed by atoms with E-state index in [0.717, 1.165) is 6.42 Å². The molecule has 0 aromatic rings. The molecule has 0 aliphatic heterocycles. The molecular weight excluding hydrogens is 186 g/mol. The van der Waals surface area contributed by atoms with Crippen molar-refractivity contribution in [1.29, 1.82) is 0 Å². The standard InChI is InChI=1S/C13H23NO/c14-13(11-6-7-11)9-12(15)8-10-4-2-1-3-5-10/h10-11,13H,1-9,14H2. The van der Waals surface area contributed by atoms with Gasteiger partial charge in [0, 0.05) is 18.9 Å². The molecular formula is C13H23NO. The van der Waals surface area contributed by atoms with Gasteiger partial charge in [0.05, 0.1) is 0 Å². The molecule has 2 aliphatic carbocycles. The summed E-state index contributed by atoms with van der Waals surface area (Å²) >= 11 is 0. The van der Waals surface area contributed by atoms with Crippen molar-refractivity contribution < 1.29 is 4.79 Å². The van der Waals surface area contributed by atoms with Crippen LogP contribution in [-0.4, -0.2) is 11.8 Å². The Kier molecular flexibility index (Phi) is 3.79. The molecule has 2 fully saturated rings. The van der Waals surface area contributed by atoms with Crippen LogP contribution in [0.1, 0.15) is 57.8 Å². The van der Waals surface area contributed by atoms with Crippen LogP contribution in [0.4, 0.5) is 0 Å². The van der Waals surface area contributed by atoms with Gasteiger partial charge in [-0.15, -0.1) is 0 Å². The van der Waals surface area contributed by atoms with Gasteiger partial charge in [-0.3, -0.25) is 4.79 Å². The smallest absolute Gasteiger partial charge is 0.134 e. The molecule has 0 aromatic carbocycles. The third-order valence-corrected chi connectivity index (χ3v) is 3.93. The Morgan fingerprint density at radius 3 is 2.40 bits per heavy atom. The van der Waals surface area contributed by atoms with E-state index in [4.69, 9.17) is 5.73 Å². The molecule has 2 aliphatic rings. The lowest BCUT2D eigenvalue weighted by atomic mass is 9.85. The number of hydrogen-bond acceptors (Lipinski definition) is 2. The molecule has 0 saturated heterocycles. The molecule has 0 aromatic heterocycles. The molecule has 0 heterocycles. The van der Waals surface area contributed by atoms with Gasteiger partial charge in [-0.2, -0.15) is 0 Å². The molecule has 0 amide bonds. The summed E-state index contributed by atoms with van der Waals surface area (Å²) < 4.78 is 0. The summed E-state index contributed by atoms with van der Waals surface area (Å²) in [6.45, 7) is 0. The van der Waals surface area contributed by atoms with Gasteiger partial charge >= 0.3 is 0 Å². The zero-order valence-corrected chi connectivity index (χ0v) is 9.58. The fourth-order valence-corrected chi connectivity index (χ4v) is 2.75. The van der Waals surface area contributed by atoms with Gasteiger partial charge in [0.2, 0.25) is 0 Å². The van der Waals surface area contributed by atoms with Crippen LogP contribution in [-0.2, 0) is 4.79 Å². The second-order valence-electron chi connectivity index (χ2n) is 5.45. The zero-order valence-electron chi connectivity index (χ0n) is 9.58. The van der Waals surface area contributed by atoms with E-state index >= 15 is 0 Å². The first-order valence-corrected chi connectivity index (χ1v) is 6.53. The molecule has 86 valence electrons. The summed E-state index contributed by atoms with van der Waals surface area (Å²) in [5.41, 5.74) is 5.96. The highest BCUT2D eigenvalue weighted by molar-refractivity contribution is 5.79. The van der Waals surface area contributed by atoms with Crippen LogP contribution in [0.2, 0.25) is 0 Å². The van der Waals surface area contributed by atoms with E-state index < -0.39 is 0 Å². The number of ketones is 1. The molecule has 15 heavy (non-hydrogen) atoms. The van der Waals surface area contributed by atoms with Crippen LogP contribution in [0, 0.1) is 11.8 Å². The number of nitrogens with two attached hydrogens (primary N) is 1. The Bertz CT molecular complexity index is 217. The summed E-state index contributed by atoms with van der Waals surface area (Å²) in [5.74, 6) is 1.76. The first kappa shape index (κ1) is 11.1. The average Bonchev–Trinajstić information content (AvgIpc) is 3.01. The molecule has 2 heteroatoms. The minimum absolute atomic E-state index is 0.168. The first-order valence-electron chi connectivity index (χ1n) is 6.53. The summed E-state index contributed by atoms with van der Waals surface area (Å²) in [5, 5.41) is 0. The maximum atomic E-state index is 11.8. The third-order valence-electron chi connectivity index (χ3n) is 3.93. The fourth-order valence-electron chi connectivity index (χ4n) is 2.75. The number of rotatable bonds is 5. The monoisotopic (exact) mass is 209 g/mol. The van der Waals surface area contributed by atoms with Gasteiger partial charge in [-0.25, -0.2) is 0 Å². The largest absolute Gasteiger partial charge is 0.327 e. The van der Waals surface area contributed by atoms with Crippen molar-refractivity contribution in [3.05, 3.63) is 0 Å². The van der Waals surface area contributed by atoms with Gasteiger partial charge in [0.25, 0.3) is 0 Å². The van der Waals surface area contributed by atoms with Crippen molar-refractivity contribution in [2.45, 2.75) is 63.8 Å². The van der Waals surface area contributed by atoms with Gasteiger partial charge in [-0.1, -0.05) is 32.1 Å². The Balaban J connectivity index is 1.66. The topological polar surface area (TPSA) is 43.1 Å². The van der Waals surface area contributed by atoms with Crippen molar-refractivity contribution in [2.24, 2.45) is 17.6 Å². The lowest BCUT2D eigenvalue weighted by Crippen LogP contribution is -2.27. The highest BCUT2D eigenvalue weighted by Crippen LogP contribution is 2.33. The van der Waals surface area contributed by atoms with Crippen molar-refractivity contribution in [3.8, 4) is 0 Å². The number of carbonyl (C=O) groups is 1. The molecule has 1 atom stereocenters. The van der Waals surface area contributed by atoms with Crippen LogP contribution in [0.15, 0.2) is 0 Å². The zero-order chi connectivity index (χ0) is 10.7. The second kappa shape index (κ2) is 5.11. The number of hydrogen-bond donors (Lipinski definition) is 1. The van der Waals surface area contributed by atoms with Crippen LogP contribution >= 0.6 is 0 Å². The molecule has 1 unspecified atom stereocenters. The molecule has 2 rings (SSSR count). The molecule has 2 nitrogen and oxygen atoms in total. The second-order valence-corrected chi connectivity index (χ2v) is 5.45. The predicted octanol–water partition coefficient (Wildman–Crippen LogP) is 2.65. The first-order chi connectivity index (χ1) is 7.25. The summed E-state index contributed by atoms with van der Waals surface area (Å²) in [6.07, 6.45) is 10.5. The predicted molar refractivity (Wildman–Crippen MR) is 61.5 cm³/mol. The van der Waals surface area contributed by atoms with Crippen molar-refractivity contribution in [3.63, 3.8) is 0 Å². The van der Waals surface area contributed by atoms with Crippen LogP contribution < -0.4 is 5.73 Å². The Morgan fingerprint density at radius 2 is 1.80 bits per heavy atom. The lowest BCUT2D eigenvalue weighted by Gasteiger charge is -2.21. The highest BCUT2D eigenvalue weighted by atomic mass is 16.1. The van der Waals surface area contributed by atoms with E-state index in [1.807, 2.05) is 0 Å². The third kappa shape index (κ3) is 3.60. The summed E-state index contributed by atoms with van der Waals surface area (Å²) in [7, 11) is 0. The minimum atomic E-state index is 0.168. The molecule has 2 saturated carbocycles. The van der Waals surface area contributed by atoms with Gasteiger partial charge in [0.1, 0.15) is 5.78 Å². The van der Waals surface area contributed by atoms with E-state index in [1.54, 1.807) is 0 Å². The molecule has 0 spiro atoms. The Hall–Kier alpha value is -0.370. The highest BCUT2D eigenvalue weighted by Gasteiger charge is 2.30. The van der Waals surface area contributed by atoms with E-state index in [0.29, 0.717) is 24.0 Å². The SMILES string of the molecule is NC(CC(=O)CC1CCCCC1)C1CC1. The van der Waals surface area contributed by atoms with E-state index in [-0.39, 0.29) is 6.04 Å². The van der Waals surface area contributed by atoms with E-state index in [1.165, 1.54) is 44.9 Å². The van der Waals surface area contributed by atoms with Gasteiger partial charge < -0.3 is 5.73 Å². The summed E-state index contributed by atoms with van der Waals surface area (Å²) in [4.78, 5) is 11.8. The van der Waals surface area contributed by atoms with Crippen LogP contribution in [0.25, 0.3) is 0 Å². The number of Topliss-reactive ketones (excluding diaryl/α,β-unsaturated/α-hetero) is 1. The van der Waals surface area contributed by atoms with Crippen LogP contribution in [0.3, 0.4) is 0 Å². The fraction of sp³-hybridized carbons (Fsp3) is 0.923. The normalized spacial score (nSPS) is 25.1. The van der Waals surface area contributed by atoms with Gasteiger partial charge in [-0.05, 0) is 24.7 Å². The minimum Gasteiger partial charge on any atom is -0.327 e. The Labute approximate surface area is 92.6 Å². The van der Waals surface area contributed by atoms with Gasteiger partial charge in [0.15, 0.2) is 0 Å². The molecule has 2 N–H and O–H groups in total. The average molecular weight is 209 g/mol. The number of carbonyl (C=O) groups excluding carboxylic acids is 1. The quantitative estimate of drug-likeness (QED) is 0.756.